The van der Waals surface area contributed by atoms with Crippen molar-refractivity contribution in [1.29, 1.82) is 5.26 Å². The summed E-state index contributed by atoms with van der Waals surface area (Å²) in [5, 5.41) is 14.8. The Hall–Kier alpha value is -3.28. The van der Waals surface area contributed by atoms with Gasteiger partial charge in [-0.05, 0) is 39.0 Å². The number of hydrogen-bond acceptors (Lipinski definition) is 11. The Morgan fingerprint density at radius 1 is 1.13 bits per heavy atom. The van der Waals surface area contributed by atoms with Crippen LogP contribution in [0.15, 0.2) is 30.5 Å². The van der Waals surface area contributed by atoms with Crippen molar-refractivity contribution in [2.45, 2.75) is 37.4 Å². The number of amides is 1. The van der Waals surface area contributed by atoms with Crippen molar-refractivity contribution in [2.24, 2.45) is 0 Å². The van der Waals surface area contributed by atoms with Gasteiger partial charge in [-0.25, -0.2) is 26.8 Å². The Kier molecular flexibility index (Phi) is 9.20. The summed E-state index contributed by atoms with van der Waals surface area (Å²) in [6.07, 6.45) is 3.02. The normalized spacial score (nSPS) is 15.2. The lowest BCUT2D eigenvalue weighted by molar-refractivity contribution is 0.0951. The van der Waals surface area contributed by atoms with Crippen LogP contribution in [-0.4, -0.2) is 93.0 Å². The number of anilines is 2. The van der Waals surface area contributed by atoms with E-state index in [1.54, 1.807) is 12.1 Å². The van der Waals surface area contributed by atoms with Crippen LogP contribution in [0.4, 0.5) is 11.5 Å². The summed E-state index contributed by atoms with van der Waals surface area (Å²) in [5.74, 6) is -0.486. The molecule has 1 aliphatic rings. The fourth-order valence-electron chi connectivity index (χ4n) is 4.14. The Balaban J connectivity index is 1.75. The molecule has 1 amide bonds. The van der Waals surface area contributed by atoms with Gasteiger partial charge in [0.1, 0.15) is 11.9 Å². The number of carbonyl (C=O) groups excluding carboxylic acids is 1. The number of hydrogen-bond donors (Lipinski definition) is 2. The number of benzene rings is 1. The monoisotopic (exact) mass is 577 g/mol. The third-order valence-electron chi connectivity index (χ3n) is 7.07. The van der Waals surface area contributed by atoms with Crippen molar-refractivity contribution in [3.8, 4) is 6.07 Å². The van der Waals surface area contributed by atoms with E-state index >= 15 is 0 Å². The Bertz CT molecular complexity index is 1430. The quantitative estimate of drug-likeness (QED) is 0.414. The van der Waals surface area contributed by atoms with Crippen LogP contribution in [-0.2, 0) is 26.2 Å². The summed E-state index contributed by atoms with van der Waals surface area (Å²) in [6, 6.07) is 9.62. The summed E-state index contributed by atoms with van der Waals surface area (Å²) >= 11 is 0. The van der Waals surface area contributed by atoms with Crippen LogP contribution in [0.3, 0.4) is 0 Å². The molecule has 1 aliphatic heterocycles. The van der Waals surface area contributed by atoms with E-state index in [4.69, 9.17) is 0 Å². The van der Waals surface area contributed by atoms with E-state index in [0.29, 0.717) is 17.2 Å². The molecule has 1 saturated heterocycles. The summed E-state index contributed by atoms with van der Waals surface area (Å²) in [4.78, 5) is 25.7. The molecular weight excluding hydrogens is 542 g/mol. The number of nitriles is 1. The van der Waals surface area contributed by atoms with E-state index in [1.165, 1.54) is 6.20 Å². The maximum atomic E-state index is 13.0. The molecule has 2 aromatic rings. The number of sulfone groups is 2. The molecule has 0 aliphatic carbocycles. The lowest BCUT2D eigenvalue weighted by Gasteiger charge is -2.38. The highest BCUT2D eigenvalue weighted by molar-refractivity contribution is 8.09. The van der Waals surface area contributed by atoms with Crippen LogP contribution in [0.1, 0.15) is 42.5 Å². The predicted molar refractivity (Wildman–Crippen MR) is 150 cm³/mol. The van der Waals surface area contributed by atoms with Gasteiger partial charge >= 0.3 is 0 Å². The van der Waals surface area contributed by atoms with Gasteiger partial charge < -0.3 is 15.5 Å². The Labute approximate surface area is 230 Å². The fraction of sp³-hybridized carbons (Fsp3) is 0.520. The molecule has 3 rings (SSSR count). The van der Waals surface area contributed by atoms with Crippen molar-refractivity contribution in [3.63, 3.8) is 0 Å². The highest BCUT2D eigenvalue weighted by Crippen LogP contribution is 2.25. The van der Waals surface area contributed by atoms with Crippen molar-refractivity contribution >= 4 is 37.1 Å². The molecular formula is C25H35N7O5S2. The van der Waals surface area contributed by atoms with Crippen LogP contribution in [0, 0.1) is 11.3 Å². The van der Waals surface area contributed by atoms with Crippen LogP contribution >= 0.6 is 0 Å². The number of nitrogens with one attached hydrogen (secondary N) is 2. The average molecular weight is 578 g/mol. The van der Waals surface area contributed by atoms with Crippen molar-refractivity contribution in [1.82, 2.24) is 20.2 Å². The second-order valence-corrected chi connectivity index (χ2v) is 15.2. The zero-order chi connectivity index (χ0) is 29.0. The molecule has 1 fully saturated rings. The third kappa shape index (κ3) is 7.03. The summed E-state index contributed by atoms with van der Waals surface area (Å²) < 4.78 is 47.1. The van der Waals surface area contributed by atoms with E-state index in [2.05, 4.69) is 44.2 Å². The molecule has 1 aromatic heterocycles. The minimum Gasteiger partial charge on any atom is -0.369 e. The van der Waals surface area contributed by atoms with Crippen LogP contribution < -0.4 is 15.5 Å². The molecule has 2 heterocycles. The van der Waals surface area contributed by atoms with E-state index in [0.717, 1.165) is 51.3 Å². The summed E-state index contributed by atoms with van der Waals surface area (Å²) in [6.45, 7) is 8.52. The maximum Gasteiger partial charge on any atom is 0.251 e. The van der Waals surface area contributed by atoms with Crippen molar-refractivity contribution in [2.75, 3.05) is 55.5 Å². The zero-order valence-corrected chi connectivity index (χ0v) is 24.4. The first kappa shape index (κ1) is 30.3. The van der Waals surface area contributed by atoms with Gasteiger partial charge in [-0.15, -0.1) is 0 Å². The molecule has 0 saturated carbocycles. The summed E-state index contributed by atoms with van der Waals surface area (Å²) in [7, 11) is -8.08. The molecule has 0 atom stereocenters. The van der Waals surface area contributed by atoms with E-state index in [-0.39, 0.29) is 24.1 Å². The van der Waals surface area contributed by atoms with Gasteiger partial charge in [-0.3, -0.25) is 9.69 Å². The van der Waals surface area contributed by atoms with E-state index in [9.17, 15) is 26.9 Å². The van der Waals surface area contributed by atoms with Gasteiger partial charge in [0.25, 0.3) is 5.91 Å². The Morgan fingerprint density at radius 2 is 1.77 bits per heavy atom. The molecule has 39 heavy (non-hydrogen) atoms. The zero-order valence-electron chi connectivity index (χ0n) is 22.8. The minimum absolute atomic E-state index is 0.0430. The Morgan fingerprint density at radius 3 is 2.33 bits per heavy atom. The predicted octanol–water partition coefficient (Wildman–Crippen LogP) is 1.03. The second kappa shape index (κ2) is 11.8. The van der Waals surface area contributed by atoms with Gasteiger partial charge in [0.05, 0.1) is 0 Å². The smallest absolute Gasteiger partial charge is 0.251 e. The lowest BCUT2D eigenvalue weighted by atomic mass is 10.1. The first-order chi connectivity index (χ1) is 18.2. The standard InChI is InChI=1S/C25H35N7O5S2/c1-18(2)31-9-11-32(12-10-31)21-8-6-7-19(13-21)24(33)28-16-20-15-27-22(14-26)30-23(20)29-17-25(3,38(4,34)35)39(5,36)37/h6-8,13,15,18H,9-12,16-17H2,1-5H3,(H,28,33)(H,27,29,30). The van der Waals surface area contributed by atoms with E-state index < -0.39 is 30.3 Å². The first-order valence-corrected chi connectivity index (χ1v) is 16.2. The minimum atomic E-state index is -4.04. The van der Waals surface area contributed by atoms with Crippen LogP contribution in [0.5, 0.6) is 0 Å². The average Bonchev–Trinajstić information content (AvgIpc) is 2.89. The second-order valence-electron chi connectivity index (χ2n) is 10.1. The van der Waals surface area contributed by atoms with Crippen LogP contribution in [0.25, 0.3) is 0 Å². The number of rotatable bonds is 10. The van der Waals surface area contributed by atoms with Crippen molar-refractivity contribution in [3.05, 3.63) is 47.4 Å². The number of carbonyl (C=O) groups is 1. The lowest BCUT2D eigenvalue weighted by Crippen LogP contribution is -2.48. The van der Waals surface area contributed by atoms with Crippen LogP contribution in [0.2, 0.25) is 0 Å². The van der Waals surface area contributed by atoms with Gasteiger partial charge in [0, 0.05) is 80.8 Å². The van der Waals surface area contributed by atoms with Gasteiger partial charge in [0.2, 0.25) is 5.82 Å². The molecule has 2 N–H and O–H groups in total. The van der Waals surface area contributed by atoms with Gasteiger partial charge in [-0.2, -0.15) is 5.26 Å². The maximum absolute atomic E-state index is 13.0. The van der Waals surface area contributed by atoms with Gasteiger partial charge in [0.15, 0.2) is 23.8 Å². The molecule has 0 spiro atoms. The SMILES string of the molecule is CC(C)N1CCN(c2cccc(C(=O)NCc3cnc(C#N)nc3NCC(C)(S(C)(=O)=O)S(C)(=O)=O)c2)CC1. The molecule has 14 heteroatoms. The fourth-order valence-corrected chi connectivity index (χ4v) is 7.01. The molecule has 0 unspecified atom stereocenters. The van der Waals surface area contributed by atoms with Crippen molar-refractivity contribution < 1.29 is 21.6 Å². The molecule has 0 radical (unpaired) electrons. The molecule has 212 valence electrons. The summed E-state index contributed by atoms with van der Waals surface area (Å²) in [5.41, 5.74) is 1.77. The number of piperazine rings is 1. The van der Waals surface area contributed by atoms with E-state index in [1.807, 2.05) is 18.2 Å². The largest absolute Gasteiger partial charge is 0.369 e. The number of nitrogens with zero attached hydrogens (tertiary/aromatic N) is 5. The van der Waals surface area contributed by atoms with Gasteiger partial charge in [-0.1, -0.05) is 6.07 Å². The number of aromatic nitrogens is 2. The third-order valence-corrected chi connectivity index (χ3v) is 12.3. The topological polar surface area (TPSA) is 165 Å². The molecule has 12 nitrogen and oxygen atoms in total. The highest BCUT2D eigenvalue weighted by Gasteiger charge is 2.46. The first-order valence-electron chi connectivity index (χ1n) is 12.4. The highest BCUT2D eigenvalue weighted by atomic mass is 32.3. The molecule has 0 bridgehead atoms. The molecule has 1 aromatic carbocycles.